The molecule has 0 fully saturated rings. The van der Waals surface area contributed by atoms with Crippen LogP contribution in [0.25, 0.3) is 10.9 Å². The Morgan fingerprint density at radius 3 is 2.87 bits per heavy atom. The van der Waals surface area contributed by atoms with Crippen molar-refractivity contribution >= 4 is 22.5 Å². The number of hydrogen-bond donors (Lipinski definition) is 0. The summed E-state index contributed by atoms with van der Waals surface area (Å²) in [6.45, 7) is 2.90. The zero-order chi connectivity index (χ0) is 16.0. The van der Waals surface area contributed by atoms with Crippen LogP contribution in [0.5, 0.6) is 0 Å². The van der Waals surface area contributed by atoms with Crippen LogP contribution in [0.3, 0.4) is 0 Å². The summed E-state index contributed by atoms with van der Waals surface area (Å²) in [6, 6.07) is 16.1. The Labute approximate surface area is 134 Å². The first-order valence-electron chi connectivity index (χ1n) is 7.54. The normalized spacial score (nSPS) is 13.4. The Morgan fingerprint density at radius 2 is 2.04 bits per heavy atom. The molecule has 4 heteroatoms. The first-order chi connectivity index (χ1) is 11.2. The van der Waals surface area contributed by atoms with Crippen LogP contribution in [0, 0.1) is 18.3 Å². The molecule has 0 bridgehead atoms. The van der Waals surface area contributed by atoms with Crippen LogP contribution in [-0.4, -0.2) is 10.5 Å². The predicted molar refractivity (Wildman–Crippen MR) is 89.2 cm³/mol. The molecule has 4 nitrogen and oxygen atoms in total. The Balaban J connectivity index is 1.77. The Bertz CT molecular complexity index is 978. The molecule has 1 aromatic heterocycles. The maximum atomic E-state index is 12.7. The molecule has 0 saturated heterocycles. The van der Waals surface area contributed by atoms with E-state index in [2.05, 4.69) is 6.07 Å². The minimum atomic E-state index is 0.0430. The molecule has 2 aromatic carbocycles. The summed E-state index contributed by atoms with van der Waals surface area (Å²) in [5.74, 6) is 0.0430. The van der Waals surface area contributed by atoms with Crippen molar-refractivity contribution in [2.45, 2.75) is 20.0 Å². The fourth-order valence-electron chi connectivity index (χ4n) is 3.18. The zero-order valence-electron chi connectivity index (χ0n) is 12.8. The number of carbonyl (C=O) groups excluding carboxylic acids is 1. The van der Waals surface area contributed by atoms with Crippen LogP contribution < -0.4 is 4.90 Å². The minimum Gasteiger partial charge on any atom is -0.334 e. The van der Waals surface area contributed by atoms with Crippen molar-refractivity contribution in [1.82, 2.24) is 4.57 Å². The summed E-state index contributed by atoms with van der Waals surface area (Å²) in [5.41, 5.74) is 4.79. The van der Waals surface area contributed by atoms with Gasteiger partial charge in [0.25, 0.3) is 5.91 Å². The monoisotopic (exact) mass is 301 g/mol. The number of carbonyl (C=O) groups is 1. The molecule has 1 aliphatic rings. The SMILES string of the molecule is Cc1ccc2c(c1)C(=O)N(c1ccc3ccn(CC#N)c3c1)C2. The highest BCUT2D eigenvalue weighted by molar-refractivity contribution is 6.10. The van der Waals surface area contributed by atoms with E-state index in [1.807, 2.05) is 60.2 Å². The number of hydrogen-bond acceptors (Lipinski definition) is 2. The molecule has 0 saturated carbocycles. The largest absolute Gasteiger partial charge is 0.334 e. The fraction of sp³-hybridized carbons (Fsp3) is 0.158. The van der Waals surface area contributed by atoms with E-state index in [4.69, 9.17) is 5.26 Å². The van der Waals surface area contributed by atoms with Crippen molar-refractivity contribution in [3.8, 4) is 6.07 Å². The Morgan fingerprint density at radius 1 is 1.17 bits per heavy atom. The van der Waals surface area contributed by atoms with Crippen LogP contribution in [0.2, 0.25) is 0 Å². The van der Waals surface area contributed by atoms with Gasteiger partial charge in [-0.3, -0.25) is 4.79 Å². The van der Waals surface area contributed by atoms with Gasteiger partial charge in [-0.15, -0.1) is 0 Å². The average Bonchev–Trinajstić information content (AvgIpc) is 3.09. The topological polar surface area (TPSA) is 49.0 Å². The lowest BCUT2D eigenvalue weighted by Crippen LogP contribution is -2.22. The molecule has 0 spiro atoms. The van der Waals surface area contributed by atoms with Crippen LogP contribution >= 0.6 is 0 Å². The van der Waals surface area contributed by atoms with Crippen LogP contribution in [0.15, 0.2) is 48.7 Å². The first-order valence-corrected chi connectivity index (χ1v) is 7.54. The van der Waals surface area contributed by atoms with E-state index < -0.39 is 0 Å². The summed E-state index contributed by atoms with van der Waals surface area (Å²) in [7, 11) is 0. The van der Waals surface area contributed by atoms with Crippen LogP contribution in [0.1, 0.15) is 21.5 Å². The highest BCUT2D eigenvalue weighted by Crippen LogP contribution is 2.31. The van der Waals surface area contributed by atoms with Crippen molar-refractivity contribution in [3.63, 3.8) is 0 Å². The summed E-state index contributed by atoms with van der Waals surface area (Å²) in [4.78, 5) is 14.5. The molecule has 2 heterocycles. The van der Waals surface area contributed by atoms with Crippen molar-refractivity contribution in [2.75, 3.05) is 4.90 Å². The summed E-state index contributed by atoms with van der Waals surface area (Å²) < 4.78 is 1.90. The van der Waals surface area contributed by atoms with E-state index in [1.165, 1.54) is 0 Å². The van der Waals surface area contributed by atoms with Gasteiger partial charge in [0.05, 0.1) is 18.1 Å². The van der Waals surface area contributed by atoms with E-state index in [1.54, 1.807) is 4.90 Å². The third kappa shape index (κ3) is 2.09. The highest BCUT2D eigenvalue weighted by Gasteiger charge is 2.28. The summed E-state index contributed by atoms with van der Waals surface area (Å²) >= 11 is 0. The minimum absolute atomic E-state index is 0.0430. The van der Waals surface area contributed by atoms with Crippen LogP contribution in [0.4, 0.5) is 5.69 Å². The Kier molecular flexibility index (Phi) is 2.95. The first kappa shape index (κ1) is 13.6. The number of anilines is 1. The number of fused-ring (bicyclic) bond motifs is 2. The van der Waals surface area contributed by atoms with Gasteiger partial charge >= 0.3 is 0 Å². The molecule has 1 aliphatic heterocycles. The van der Waals surface area contributed by atoms with E-state index in [0.717, 1.165) is 33.3 Å². The molecule has 0 unspecified atom stereocenters. The Hall–Kier alpha value is -3.06. The maximum absolute atomic E-state index is 12.7. The lowest BCUT2D eigenvalue weighted by atomic mass is 10.1. The standard InChI is InChI=1S/C19H15N3O/c1-13-2-3-15-12-22(19(23)17(15)10-13)16-5-4-14-6-8-21(9-7-20)18(14)11-16/h2-6,8,10-11H,9,12H2,1H3. The van der Waals surface area contributed by atoms with Crippen molar-refractivity contribution in [1.29, 1.82) is 5.26 Å². The number of nitriles is 1. The van der Waals surface area contributed by atoms with Gasteiger partial charge in [-0.05, 0) is 42.1 Å². The van der Waals surface area contributed by atoms with Gasteiger partial charge in [0.1, 0.15) is 6.54 Å². The molecule has 112 valence electrons. The summed E-state index contributed by atoms with van der Waals surface area (Å²) in [5, 5.41) is 10.0. The number of nitrogens with zero attached hydrogens (tertiary/aromatic N) is 3. The van der Waals surface area contributed by atoms with Crippen molar-refractivity contribution < 1.29 is 4.79 Å². The highest BCUT2D eigenvalue weighted by atomic mass is 16.2. The second kappa shape index (κ2) is 4.99. The van der Waals surface area contributed by atoms with Crippen LogP contribution in [-0.2, 0) is 13.1 Å². The van der Waals surface area contributed by atoms with Crippen molar-refractivity contribution in [3.05, 3.63) is 65.4 Å². The average molecular weight is 301 g/mol. The molecule has 4 rings (SSSR count). The predicted octanol–water partition coefficient (Wildman–Crippen LogP) is 3.63. The molecule has 0 N–H and O–H groups in total. The lowest BCUT2D eigenvalue weighted by Gasteiger charge is -2.16. The van der Waals surface area contributed by atoms with E-state index in [0.29, 0.717) is 13.1 Å². The van der Waals surface area contributed by atoms with Gasteiger partial charge in [-0.1, -0.05) is 23.8 Å². The number of rotatable bonds is 2. The lowest BCUT2D eigenvalue weighted by molar-refractivity contribution is 0.0996. The van der Waals surface area contributed by atoms with E-state index in [9.17, 15) is 4.79 Å². The maximum Gasteiger partial charge on any atom is 0.258 e. The van der Waals surface area contributed by atoms with Crippen molar-refractivity contribution in [2.24, 2.45) is 0 Å². The van der Waals surface area contributed by atoms with E-state index in [-0.39, 0.29) is 5.91 Å². The third-order valence-corrected chi connectivity index (χ3v) is 4.38. The third-order valence-electron chi connectivity index (χ3n) is 4.38. The molecule has 1 amide bonds. The van der Waals surface area contributed by atoms with E-state index >= 15 is 0 Å². The second-order valence-corrected chi connectivity index (χ2v) is 5.90. The fourth-order valence-corrected chi connectivity index (χ4v) is 3.18. The molecule has 0 atom stereocenters. The van der Waals surface area contributed by atoms with Gasteiger partial charge in [-0.2, -0.15) is 5.26 Å². The quantitative estimate of drug-likeness (QED) is 0.725. The van der Waals surface area contributed by atoms with Gasteiger partial charge in [0, 0.05) is 17.4 Å². The van der Waals surface area contributed by atoms with Gasteiger partial charge in [0.2, 0.25) is 0 Å². The molecular formula is C19H15N3O. The van der Waals surface area contributed by atoms with Gasteiger partial charge in [0.15, 0.2) is 0 Å². The molecule has 0 radical (unpaired) electrons. The molecule has 0 aliphatic carbocycles. The smallest absolute Gasteiger partial charge is 0.258 e. The molecule has 3 aromatic rings. The molecular weight excluding hydrogens is 286 g/mol. The number of aryl methyl sites for hydroxylation is 1. The van der Waals surface area contributed by atoms with Gasteiger partial charge < -0.3 is 9.47 Å². The zero-order valence-corrected chi connectivity index (χ0v) is 12.8. The number of benzene rings is 2. The number of aromatic nitrogens is 1. The number of amides is 1. The van der Waals surface area contributed by atoms with Gasteiger partial charge in [-0.25, -0.2) is 0 Å². The molecule has 23 heavy (non-hydrogen) atoms. The second-order valence-electron chi connectivity index (χ2n) is 5.90. The summed E-state index contributed by atoms with van der Waals surface area (Å²) in [6.07, 6.45) is 1.90.